The van der Waals surface area contributed by atoms with Crippen LogP contribution in [-0.4, -0.2) is 80.9 Å². The molecule has 2 saturated heterocycles. The summed E-state index contributed by atoms with van der Waals surface area (Å²) in [6.45, 7) is 8.14. The van der Waals surface area contributed by atoms with Crippen molar-refractivity contribution in [2.45, 2.75) is 76.7 Å². The van der Waals surface area contributed by atoms with Crippen molar-refractivity contribution in [1.82, 2.24) is 20.7 Å². The van der Waals surface area contributed by atoms with Gasteiger partial charge in [0.15, 0.2) is 0 Å². The minimum absolute atomic E-state index is 0.235. The second-order valence-electron chi connectivity index (χ2n) is 12.4. The number of carbonyl (C=O) groups is 1. The lowest BCUT2D eigenvalue weighted by atomic mass is 9.68. The van der Waals surface area contributed by atoms with Gasteiger partial charge in [-0.1, -0.05) is 6.42 Å². The van der Waals surface area contributed by atoms with Crippen molar-refractivity contribution < 1.29 is 9.53 Å². The number of amides is 1. The molecule has 200 valence electrons. The smallest absolute Gasteiger partial charge is 0.225 e. The number of ether oxygens (including phenoxy) is 1. The van der Waals surface area contributed by atoms with E-state index in [0.717, 1.165) is 75.8 Å². The summed E-state index contributed by atoms with van der Waals surface area (Å²) in [6.07, 6.45) is 14.5. The molecule has 2 aliphatic heterocycles. The highest BCUT2D eigenvalue weighted by atomic mass is 16.5. The fraction of sp³-hybridized carbons (Fsp3) is 0.964. The molecule has 7 heteroatoms. The van der Waals surface area contributed by atoms with E-state index >= 15 is 0 Å². The highest BCUT2D eigenvalue weighted by Gasteiger charge is 2.42. The molecule has 0 aromatic carbocycles. The molecule has 5 aliphatic rings. The summed E-state index contributed by atoms with van der Waals surface area (Å²) >= 11 is 0. The Hall–Kier alpha value is -0.730. The van der Waals surface area contributed by atoms with E-state index in [1.807, 2.05) is 0 Å². The minimum atomic E-state index is 0.235. The molecule has 7 nitrogen and oxygen atoms in total. The lowest BCUT2D eigenvalue weighted by molar-refractivity contribution is -0.141. The zero-order valence-electron chi connectivity index (χ0n) is 22.0. The first-order valence-corrected chi connectivity index (χ1v) is 15.0. The Labute approximate surface area is 213 Å². The van der Waals surface area contributed by atoms with Gasteiger partial charge in [0, 0.05) is 51.2 Å². The van der Waals surface area contributed by atoms with Crippen LogP contribution in [-0.2, 0) is 9.53 Å². The predicted molar refractivity (Wildman–Crippen MR) is 140 cm³/mol. The maximum absolute atomic E-state index is 13.1. The molecule has 1 amide bonds. The molecule has 5 unspecified atom stereocenters. The quantitative estimate of drug-likeness (QED) is 0.455. The van der Waals surface area contributed by atoms with E-state index < -0.39 is 0 Å². The third kappa shape index (κ3) is 6.59. The number of nitrogens with two attached hydrogens (primary N) is 1. The van der Waals surface area contributed by atoms with E-state index in [1.54, 1.807) is 0 Å². The molecule has 5 rings (SSSR count). The van der Waals surface area contributed by atoms with E-state index in [2.05, 4.69) is 20.7 Å². The third-order valence-electron chi connectivity index (χ3n) is 10.2. The molecule has 0 aromatic rings. The SMILES string of the molecule is NCCNCC1CCC(C2CCC3CNN(CC4CCCC(C(=O)N5CCOCC5)C4)C3C2)CC1. The zero-order valence-corrected chi connectivity index (χ0v) is 22.0. The standard InChI is InChI=1S/C28H51N5O2/c29-10-11-30-18-21-4-6-23(7-5-21)24-8-9-26-19-31-33(27(26)17-24)20-22-2-1-3-25(16-22)28(34)32-12-14-35-15-13-32/h21-27,30-31H,1-20,29H2. The van der Waals surface area contributed by atoms with E-state index in [4.69, 9.17) is 10.5 Å². The van der Waals surface area contributed by atoms with Crippen molar-refractivity contribution in [1.29, 1.82) is 0 Å². The summed E-state index contributed by atoms with van der Waals surface area (Å²) in [4.78, 5) is 15.2. The van der Waals surface area contributed by atoms with Crippen molar-refractivity contribution >= 4 is 5.91 Å². The van der Waals surface area contributed by atoms with Crippen molar-refractivity contribution in [3.8, 4) is 0 Å². The Balaban J connectivity index is 1.09. The van der Waals surface area contributed by atoms with Crippen LogP contribution in [0, 0.1) is 35.5 Å². The molecule has 0 spiro atoms. The number of morpholine rings is 1. The van der Waals surface area contributed by atoms with Gasteiger partial charge in [0.1, 0.15) is 0 Å². The van der Waals surface area contributed by atoms with E-state index in [9.17, 15) is 4.79 Å². The van der Waals surface area contributed by atoms with Gasteiger partial charge in [0.25, 0.3) is 0 Å². The molecule has 35 heavy (non-hydrogen) atoms. The fourth-order valence-corrected chi connectivity index (χ4v) is 8.11. The van der Waals surface area contributed by atoms with Gasteiger partial charge in [-0.25, -0.2) is 5.01 Å². The normalized spacial score (nSPS) is 38.9. The summed E-state index contributed by atoms with van der Waals surface area (Å²) in [5.74, 6) is 4.83. The average Bonchev–Trinajstić information content (AvgIpc) is 3.31. The zero-order chi connectivity index (χ0) is 24.0. The Bertz CT molecular complexity index is 664. The lowest BCUT2D eigenvalue weighted by Gasteiger charge is -2.42. The van der Waals surface area contributed by atoms with E-state index in [-0.39, 0.29) is 5.92 Å². The van der Waals surface area contributed by atoms with Crippen molar-refractivity contribution in [3.63, 3.8) is 0 Å². The number of nitrogens with one attached hydrogen (secondary N) is 2. The maximum Gasteiger partial charge on any atom is 0.225 e. The molecule has 3 saturated carbocycles. The first-order chi connectivity index (χ1) is 17.2. The van der Waals surface area contributed by atoms with Crippen LogP contribution in [0.3, 0.4) is 0 Å². The van der Waals surface area contributed by atoms with Crippen LogP contribution in [0.4, 0.5) is 0 Å². The Morgan fingerprint density at radius 2 is 1.69 bits per heavy atom. The Morgan fingerprint density at radius 1 is 0.914 bits per heavy atom. The molecule has 5 atom stereocenters. The molecule has 3 aliphatic carbocycles. The van der Waals surface area contributed by atoms with Crippen LogP contribution in [0.15, 0.2) is 0 Å². The maximum atomic E-state index is 13.1. The highest BCUT2D eigenvalue weighted by Crippen LogP contribution is 2.44. The Kier molecular flexibility index (Phi) is 9.38. The molecule has 2 heterocycles. The number of carbonyl (C=O) groups excluding carboxylic acids is 1. The Morgan fingerprint density at radius 3 is 2.49 bits per heavy atom. The van der Waals surface area contributed by atoms with Crippen LogP contribution < -0.4 is 16.5 Å². The number of hydrazine groups is 1. The highest BCUT2D eigenvalue weighted by molar-refractivity contribution is 5.79. The molecule has 4 N–H and O–H groups in total. The number of hydrogen-bond donors (Lipinski definition) is 3. The predicted octanol–water partition coefficient (Wildman–Crippen LogP) is 2.61. The van der Waals surface area contributed by atoms with Crippen molar-refractivity contribution in [2.75, 3.05) is 59.0 Å². The van der Waals surface area contributed by atoms with Gasteiger partial charge in [-0.05, 0) is 100 Å². The van der Waals surface area contributed by atoms with Gasteiger partial charge >= 0.3 is 0 Å². The van der Waals surface area contributed by atoms with Gasteiger partial charge in [-0.15, -0.1) is 0 Å². The molecular weight excluding hydrogens is 438 g/mol. The molecule has 0 radical (unpaired) electrons. The first-order valence-electron chi connectivity index (χ1n) is 15.0. The van der Waals surface area contributed by atoms with Crippen LogP contribution in [0.25, 0.3) is 0 Å². The molecule has 5 fully saturated rings. The molecule has 0 aromatic heterocycles. The van der Waals surface area contributed by atoms with Gasteiger partial charge in [-0.2, -0.15) is 0 Å². The van der Waals surface area contributed by atoms with E-state index in [0.29, 0.717) is 31.1 Å². The van der Waals surface area contributed by atoms with Crippen molar-refractivity contribution in [2.24, 2.45) is 41.2 Å². The van der Waals surface area contributed by atoms with Gasteiger partial charge < -0.3 is 20.7 Å². The largest absolute Gasteiger partial charge is 0.378 e. The number of hydrogen-bond acceptors (Lipinski definition) is 6. The van der Waals surface area contributed by atoms with Crippen LogP contribution in [0.2, 0.25) is 0 Å². The van der Waals surface area contributed by atoms with Crippen molar-refractivity contribution in [3.05, 3.63) is 0 Å². The lowest BCUT2D eigenvalue weighted by Crippen LogP contribution is -2.47. The number of fused-ring (bicyclic) bond motifs is 1. The van der Waals surface area contributed by atoms with Crippen LogP contribution in [0.5, 0.6) is 0 Å². The summed E-state index contributed by atoms with van der Waals surface area (Å²) in [7, 11) is 0. The number of rotatable bonds is 8. The van der Waals surface area contributed by atoms with Gasteiger partial charge in [0.05, 0.1) is 13.2 Å². The van der Waals surface area contributed by atoms with E-state index in [1.165, 1.54) is 64.3 Å². The minimum Gasteiger partial charge on any atom is -0.378 e. The van der Waals surface area contributed by atoms with Gasteiger partial charge in [-0.3, -0.25) is 10.2 Å². The van der Waals surface area contributed by atoms with Crippen LogP contribution in [0.1, 0.15) is 70.6 Å². The number of nitrogens with zero attached hydrogens (tertiary/aromatic N) is 2. The summed E-state index contributed by atoms with van der Waals surface area (Å²) in [5, 5.41) is 6.18. The summed E-state index contributed by atoms with van der Waals surface area (Å²) < 4.78 is 5.46. The topological polar surface area (TPSA) is 82.9 Å². The average molecular weight is 490 g/mol. The third-order valence-corrected chi connectivity index (χ3v) is 10.2. The summed E-state index contributed by atoms with van der Waals surface area (Å²) in [5.41, 5.74) is 9.45. The second kappa shape index (κ2) is 12.7. The first kappa shape index (κ1) is 25.9. The van der Waals surface area contributed by atoms with Gasteiger partial charge in [0.2, 0.25) is 5.91 Å². The molecular formula is C28H51N5O2. The monoisotopic (exact) mass is 489 g/mol. The van der Waals surface area contributed by atoms with Crippen LogP contribution >= 0.6 is 0 Å². The molecule has 0 bridgehead atoms. The second-order valence-corrected chi connectivity index (χ2v) is 12.4. The fourth-order valence-electron chi connectivity index (χ4n) is 8.11. The summed E-state index contributed by atoms with van der Waals surface area (Å²) in [6, 6.07) is 0.716.